The summed E-state index contributed by atoms with van der Waals surface area (Å²) in [4.78, 5) is 0. The van der Waals surface area contributed by atoms with Crippen LogP contribution in [0.5, 0.6) is 0 Å². The topological polar surface area (TPSA) is 32.3 Å². The molecule has 2 aromatic rings. The first-order chi connectivity index (χ1) is 9.60. The molecule has 0 saturated carbocycles. The van der Waals surface area contributed by atoms with Crippen molar-refractivity contribution in [2.75, 3.05) is 6.61 Å². The molecule has 106 valence electrons. The Morgan fingerprint density at radius 3 is 2.45 bits per heavy atom. The lowest BCUT2D eigenvalue weighted by molar-refractivity contribution is 0.235. The molecule has 0 aliphatic heterocycles. The average molecular weight is 294 g/mol. The van der Waals surface area contributed by atoms with Crippen LogP contribution in [0.4, 0.5) is 4.39 Å². The van der Waals surface area contributed by atoms with Crippen LogP contribution in [-0.2, 0) is 0 Å². The zero-order valence-electron chi connectivity index (χ0n) is 11.2. The summed E-state index contributed by atoms with van der Waals surface area (Å²) in [5, 5.41) is 13.5. The van der Waals surface area contributed by atoms with Crippen LogP contribution in [0.25, 0.3) is 0 Å². The number of aliphatic hydroxyl groups is 1. The number of nitrogens with one attached hydrogen (secondary N) is 1. The lowest BCUT2D eigenvalue weighted by Crippen LogP contribution is -2.27. The van der Waals surface area contributed by atoms with E-state index in [9.17, 15) is 9.50 Å². The van der Waals surface area contributed by atoms with Gasteiger partial charge in [-0.1, -0.05) is 35.9 Å². The lowest BCUT2D eigenvalue weighted by Gasteiger charge is -2.22. The van der Waals surface area contributed by atoms with Crippen molar-refractivity contribution >= 4 is 11.6 Å². The third-order valence-corrected chi connectivity index (χ3v) is 3.51. The number of aliphatic hydroxyl groups excluding tert-OH is 1. The molecular formula is C16H17ClFNO. The Bertz CT molecular complexity index is 559. The third-order valence-electron chi connectivity index (χ3n) is 3.25. The van der Waals surface area contributed by atoms with Crippen LogP contribution in [0, 0.1) is 5.82 Å². The zero-order chi connectivity index (χ0) is 14.5. The Morgan fingerprint density at radius 2 is 1.85 bits per heavy atom. The molecule has 0 amide bonds. The lowest BCUT2D eigenvalue weighted by atomic mass is 10.0. The fourth-order valence-electron chi connectivity index (χ4n) is 2.12. The molecule has 2 aromatic carbocycles. The highest BCUT2D eigenvalue weighted by atomic mass is 35.5. The van der Waals surface area contributed by atoms with Gasteiger partial charge in [-0.2, -0.15) is 0 Å². The average Bonchev–Trinajstić information content (AvgIpc) is 2.45. The van der Waals surface area contributed by atoms with Crippen LogP contribution in [0.15, 0.2) is 48.5 Å². The largest absolute Gasteiger partial charge is 0.394 e. The van der Waals surface area contributed by atoms with E-state index in [-0.39, 0.29) is 24.5 Å². The highest BCUT2D eigenvalue weighted by Gasteiger charge is 2.14. The van der Waals surface area contributed by atoms with E-state index in [1.54, 1.807) is 18.2 Å². The molecule has 0 bridgehead atoms. The van der Waals surface area contributed by atoms with Crippen molar-refractivity contribution in [2.24, 2.45) is 0 Å². The Kier molecular flexibility index (Phi) is 5.12. The molecule has 2 N–H and O–H groups in total. The van der Waals surface area contributed by atoms with E-state index in [0.717, 1.165) is 11.1 Å². The molecule has 0 spiro atoms. The second-order valence-electron chi connectivity index (χ2n) is 4.73. The minimum absolute atomic E-state index is 0.0404. The summed E-state index contributed by atoms with van der Waals surface area (Å²) in [7, 11) is 0. The van der Waals surface area contributed by atoms with Gasteiger partial charge in [0, 0.05) is 11.1 Å². The van der Waals surface area contributed by atoms with Gasteiger partial charge in [0.05, 0.1) is 12.6 Å². The molecule has 0 aliphatic rings. The normalized spacial score (nSPS) is 14.0. The molecule has 0 aliphatic carbocycles. The monoisotopic (exact) mass is 293 g/mol. The highest BCUT2D eigenvalue weighted by molar-refractivity contribution is 6.30. The van der Waals surface area contributed by atoms with Crippen LogP contribution < -0.4 is 5.32 Å². The molecule has 2 atom stereocenters. The van der Waals surface area contributed by atoms with E-state index in [0.29, 0.717) is 5.02 Å². The molecule has 2 unspecified atom stereocenters. The van der Waals surface area contributed by atoms with Crippen molar-refractivity contribution in [3.8, 4) is 0 Å². The van der Waals surface area contributed by atoms with E-state index in [1.165, 1.54) is 12.1 Å². The number of hydrogen-bond donors (Lipinski definition) is 2. The number of rotatable bonds is 5. The summed E-state index contributed by atoms with van der Waals surface area (Å²) in [6.45, 7) is 1.90. The molecule has 0 aromatic heterocycles. The highest BCUT2D eigenvalue weighted by Crippen LogP contribution is 2.21. The molecule has 2 nitrogen and oxygen atoms in total. The maximum absolute atomic E-state index is 13.2. The molecule has 0 heterocycles. The summed E-state index contributed by atoms with van der Waals surface area (Å²) in [5.41, 5.74) is 1.79. The molecule has 0 saturated heterocycles. The van der Waals surface area contributed by atoms with Crippen LogP contribution in [-0.4, -0.2) is 11.7 Å². The smallest absolute Gasteiger partial charge is 0.123 e. The third kappa shape index (κ3) is 3.79. The van der Waals surface area contributed by atoms with Crippen molar-refractivity contribution < 1.29 is 9.50 Å². The van der Waals surface area contributed by atoms with Gasteiger partial charge in [-0.15, -0.1) is 0 Å². The molecule has 0 radical (unpaired) electrons. The minimum Gasteiger partial charge on any atom is -0.394 e. The predicted molar refractivity (Wildman–Crippen MR) is 79.2 cm³/mol. The summed E-state index contributed by atoms with van der Waals surface area (Å²) in [6, 6.07) is 13.5. The first-order valence-electron chi connectivity index (χ1n) is 6.48. The zero-order valence-corrected chi connectivity index (χ0v) is 11.9. The van der Waals surface area contributed by atoms with Gasteiger partial charge in [-0.05, 0) is 42.3 Å². The molecule has 4 heteroatoms. The Labute approximate surface area is 123 Å². The van der Waals surface area contributed by atoms with Gasteiger partial charge in [0.15, 0.2) is 0 Å². The van der Waals surface area contributed by atoms with E-state index < -0.39 is 0 Å². The number of halogens is 2. The Hall–Kier alpha value is -1.42. The van der Waals surface area contributed by atoms with Gasteiger partial charge in [0.1, 0.15) is 5.82 Å². The van der Waals surface area contributed by atoms with Crippen molar-refractivity contribution in [1.82, 2.24) is 5.32 Å². The van der Waals surface area contributed by atoms with Crippen molar-refractivity contribution in [3.63, 3.8) is 0 Å². The van der Waals surface area contributed by atoms with E-state index >= 15 is 0 Å². The Balaban J connectivity index is 2.11. The van der Waals surface area contributed by atoms with Gasteiger partial charge in [-0.3, -0.25) is 0 Å². The second-order valence-corrected chi connectivity index (χ2v) is 5.17. The maximum Gasteiger partial charge on any atom is 0.123 e. The fraction of sp³-hybridized carbons (Fsp3) is 0.250. The standard InChI is InChI=1S/C16H17ClFNO/c1-11(13-3-2-4-15(18)9-13)19-16(10-20)12-5-7-14(17)8-6-12/h2-9,11,16,19-20H,10H2,1H3. The fourth-order valence-corrected chi connectivity index (χ4v) is 2.25. The molecular weight excluding hydrogens is 277 g/mol. The molecule has 20 heavy (non-hydrogen) atoms. The van der Waals surface area contributed by atoms with Crippen molar-refractivity contribution in [3.05, 3.63) is 70.5 Å². The summed E-state index contributed by atoms with van der Waals surface area (Å²) >= 11 is 5.85. The van der Waals surface area contributed by atoms with Crippen molar-refractivity contribution in [1.29, 1.82) is 0 Å². The molecule has 2 rings (SSSR count). The van der Waals surface area contributed by atoms with Crippen LogP contribution in [0.2, 0.25) is 5.02 Å². The molecule has 0 fully saturated rings. The van der Waals surface area contributed by atoms with Crippen LogP contribution in [0.1, 0.15) is 30.1 Å². The summed E-state index contributed by atoms with van der Waals surface area (Å²) in [6.07, 6.45) is 0. The number of hydrogen-bond acceptors (Lipinski definition) is 2. The summed E-state index contributed by atoms with van der Waals surface area (Å²) in [5.74, 6) is -0.261. The Morgan fingerprint density at radius 1 is 1.15 bits per heavy atom. The van der Waals surface area contributed by atoms with Crippen LogP contribution in [0.3, 0.4) is 0 Å². The van der Waals surface area contributed by atoms with E-state index in [2.05, 4.69) is 5.32 Å². The van der Waals surface area contributed by atoms with Crippen LogP contribution >= 0.6 is 11.6 Å². The van der Waals surface area contributed by atoms with E-state index in [1.807, 2.05) is 25.1 Å². The van der Waals surface area contributed by atoms with Crippen molar-refractivity contribution in [2.45, 2.75) is 19.0 Å². The predicted octanol–water partition coefficient (Wildman–Crippen LogP) is 3.86. The first-order valence-corrected chi connectivity index (χ1v) is 6.86. The van der Waals surface area contributed by atoms with E-state index in [4.69, 9.17) is 11.6 Å². The van der Waals surface area contributed by atoms with Gasteiger partial charge < -0.3 is 10.4 Å². The van der Waals surface area contributed by atoms with Gasteiger partial charge >= 0.3 is 0 Å². The van der Waals surface area contributed by atoms with Gasteiger partial charge in [0.2, 0.25) is 0 Å². The maximum atomic E-state index is 13.2. The first kappa shape index (κ1) is 15.0. The second kappa shape index (κ2) is 6.84. The quantitative estimate of drug-likeness (QED) is 0.877. The summed E-state index contributed by atoms with van der Waals surface area (Å²) < 4.78 is 13.2. The number of benzene rings is 2. The van der Waals surface area contributed by atoms with Gasteiger partial charge in [-0.25, -0.2) is 4.39 Å². The SMILES string of the molecule is CC(NC(CO)c1ccc(Cl)cc1)c1cccc(F)c1. The minimum atomic E-state index is -0.261. The van der Waals surface area contributed by atoms with Gasteiger partial charge in [0.25, 0.3) is 0 Å².